The minimum atomic E-state index is -0.895. The van der Waals surface area contributed by atoms with Gasteiger partial charge in [-0.25, -0.2) is 4.98 Å². The second kappa shape index (κ2) is 4.43. The van der Waals surface area contributed by atoms with Gasteiger partial charge in [-0.2, -0.15) is 0 Å². The molecule has 4 nitrogen and oxygen atoms in total. The molecule has 0 fully saturated rings. The Morgan fingerprint density at radius 3 is 2.38 bits per heavy atom. The molecule has 16 heavy (non-hydrogen) atoms. The third kappa shape index (κ3) is 3.22. The van der Waals surface area contributed by atoms with Crippen LogP contribution in [0.4, 0.5) is 5.82 Å². The molecule has 0 unspecified atom stereocenters. The number of anilines is 1. The second-order valence-corrected chi connectivity index (χ2v) is 4.95. The Hall–Kier alpha value is -1.07. The summed E-state index contributed by atoms with van der Waals surface area (Å²) in [5.74, 6) is 0.491. The molecule has 0 aliphatic carbocycles. The molecule has 0 aromatic carbocycles. The lowest BCUT2D eigenvalue weighted by molar-refractivity contribution is -0.0893. The molecule has 1 aromatic rings. The van der Waals surface area contributed by atoms with Crippen LogP contribution in [-0.4, -0.2) is 28.8 Å². The summed E-state index contributed by atoms with van der Waals surface area (Å²) in [5, 5.41) is 9.91. The van der Waals surface area contributed by atoms with Crippen molar-refractivity contribution >= 4 is 18.8 Å². The zero-order valence-corrected chi connectivity index (χ0v) is 10.3. The van der Waals surface area contributed by atoms with Crippen LogP contribution in [-0.2, 0) is 4.65 Å². The summed E-state index contributed by atoms with van der Waals surface area (Å²) >= 11 is 0. The summed E-state index contributed by atoms with van der Waals surface area (Å²) in [6.07, 6.45) is 1.68. The number of hydrogen-bond acceptors (Lipinski definition) is 4. The molecular weight excluding hydrogens is 203 g/mol. The first-order chi connectivity index (χ1) is 7.22. The number of nitrogens with zero attached hydrogens (tertiary/aromatic N) is 1. The van der Waals surface area contributed by atoms with Crippen LogP contribution in [0.3, 0.4) is 0 Å². The number of aromatic nitrogens is 1. The Balaban J connectivity index is 2.61. The van der Waals surface area contributed by atoms with Gasteiger partial charge in [0.15, 0.2) is 0 Å². The summed E-state index contributed by atoms with van der Waals surface area (Å²) in [7, 11) is 0.407. The van der Waals surface area contributed by atoms with Crippen molar-refractivity contribution in [1.82, 2.24) is 4.98 Å². The molecule has 0 saturated carbocycles. The molecule has 0 atom stereocenters. The van der Waals surface area contributed by atoms with Crippen molar-refractivity contribution in [3.05, 3.63) is 18.3 Å². The summed E-state index contributed by atoms with van der Waals surface area (Å²) in [5.41, 5.74) is 4.91. The fraction of sp³-hybridized carbons (Fsp3) is 0.545. The Kier molecular flexibility index (Phi) is 3.60. The molecular formula is C11H19BN2O2. The van der Waals surface area contributed by atoms with E-state index in [2.05, 4.69) is 4.98 Å². The molecule has 0 amide bonds. The van der Waals surface area contributed by atoms with Crippen molar-refractivity contribution in [2.75, 3.05) is 5.73 Å². The highest BCUT2D eigenvalue weighted by atomic mass is 16.5. The van der Waals surface area contributed by atoms with Gasteiger partial charge in [0.2, 0.25) is 0 Å². The third-order valence-electron chi connectivity index (χ3n) is 2.92. The number of aliphatic hydroxyl groups is 1. The summed E-state index contributed by atoms with van der Waals surface area (Å²) in [6, 6.07) is 3.60. The largest absolute Gasteiger partial charge is 0.427 e. The van der Waals surface area contributed by atoms with E-state index < -0.39 is 11.2 Å². The third-order valence-corrected chi connectivity index (χ3v) is 2.92. The zero-order valence-electron chi connectivity index (χ0n) is 10.3. The summed E-state index contributed by atoms with van der Waals surface area (Å²) < 4.78 is 5.69. The Morgan fingerprint density at radius 1 is 1.31 bits per heavy atom. The van der Waals surface area contributed by atoms with Crippen molar-refractivity contribution < 1.29 is 9.76 Å². The summed E-state index contributed by atoms with van der Waals surface area (Å²) in [4.78, 5) is 3.98. The van der Waals surface area contributed by atoms with Crippen molar-refractivity contribution in [1.29, 1.82) is 0 Å². The molecule has 5 heteroatoms. The van der Waals surface area contributed by atoms with Crippen molar-refractivity contribution in [2.45, 2.75) is 38.9 Å². The second-order valence-electron chi connectivity index (χ2n) is 4.95. The lowest BCUT2D eigenvalue weighted by atomic mass is 9.83. The van der Waals surface area contributed by atoms with Crippen LogP contribution < -0.4 is 11.2 Å². The van der Waals surface area contributed by atoms with Gasteiger partial charge in [0.25, 0.3) is 0 Å². The minimum absolute atomic E-state index is 0.407. The first-order valence-corrected chi connectivity index (χ1v) is 5.29. The van der Waals surface area contributed by atoms with Crippen LogP contribution in [0.15, 0.2) is 18.3 Å². The zero-order chi connectivity index (χ0) is 12.4. The average Bonchev–Trinajstić information content (AvgIpc) is 2.15. The van der Waals surface area contributed by atoms with E-state index in [4.69, 9.17) is 10.4 Å². The quantitative estimate of drug-likeness (QED) is 0.714. The fourth-order valence-electron chi connectivity index (χ4n) is 0.962. The first-order valence-electron chi connectivity index (χ1n) is 5.29. The van der Waals surface area contributed by atoms with Crippen LogP contribution in [0.1, 0.15) is 27.7 Å². The topological polar surface area (TPSA) is 68.4 Å². The first kappa shape index (κ1) is 13.0. The van der Waals surface area contributed by atoms with E-state index in [0.717, 1.165) is 5.46 Å². The maximum Gasteiger partial charge on any atom is 0.311 e. The highest BCUT2D eigenvalue weighted by molar-refractivity contribution is 6.46. The van der Waals surface area contributed by atoms with Crippen LogP contribution in [0.2, 0.25) is 0 Å². The fourth-order valence-corrected chi connectivity index (χ4v) is 0.962. The van der Waals surface area contributed by atoms with Gasteiger partial charge in [-0.05, 0) is 39.2 Å². The van der Waals surface area contributed by atoms with E-state index in [9.17, 15) is 5.11 Å². The lowest BCUT2D eigenvalue weighted by Crippen LogP contribution is -2.49. The number of hydrogen-bond donors (Lipinski definition) is 2. The standard InChI is InChI=1S/C11H19BN2O2/c1-10(2,15)11(3,4)16-12-8-5-6-9(13)14-7-8/h5-7,12,15H,1-4H3,(H2,13,14). The van der Waals surface area contributed by atoms with Crippen molar-refractivity contribution in [2.24, 2.45) is 0 Å². The van der Waals surface area contributed by atoms with Crippen LogP contribution in [0.5, 0.6) is 0 Å². The van der Waals surface area contributed by atoms with Crippen LogP contribution in [0, 0.1) is 0 Å². The molecule has 0 aliphatic heterocycles. The molecule has 0 aliphatic rings. The Bertz CT molecular complexity index is 344. The molecule has 0 spiro atoms. The summed E-state index contributed by atoms with van der Waals surface area (Å²) in [6.45, 7) is 7.18. The van der Waals surface area contributed by atoms with Gasteiger partial charge in [0.05, 0.1) is 11.2 Å². The van der Waals surface area contributed by atoms with E-state index in [0.29, 0.717) is 13.3 Å². The van der Waals surface area contributed by atoms with Crippen molar-refractivity contribution in [3.8, 4) is 0 Å². The highest BCUT2D eigenvalue weighted by Gasteiger charge is 2.35. The van der Waals surface area contributed by atoms with Gasteiger partial charge in [-0.15, -0.1) is 0 Å². The number of nitrogens with two attached hydrogens (primary N) is 1. The van der Waals surface area contributed by atoms with E-state index in [1.165, 1.54) is 0 Å². The Morgan fingerprint density at radius 2 is 1.94 bits per heavy atom. The monoisotopic (exact) mass is 222 g/mol. The maximum atomic E-state index is 9.91. The van der Waals surface area contributed by atoms with Gasteiger partial charge in [-0.1, -0.05) is 6.07 Å². The Labute approximate surface area is 97.1 Å². The molecule has 1 aromatic heterocycles. The average molecular weight is 222 g/mol. The van der Waals surface area contributed by atoms with Gasteiger partial charge in [0, 0.05) is 6.20 Å². The number of pyridine rings is 1. The normalized spacial score (nSPS) is 12.6. The SMILES string of the molecule is CC(C)(O)C(C)(C)OBc1ccc(N)nc1. The van der Waals surface area contributed by atoms with Crippen LogP contribution in [0.25, 0.3) is 0 Å². The smallest absolute Gasteiger partial charge is 0.311 e. The predicted octanol–water partition coefficient (Wildman–Crippen LogP) is 0.207. The molecule has 1 heterocycles. The molecule has 0 radical (unpaired) electrons. The van der Waals surface area contributed by atoms with Gasteiger partial charge < -0.3 is 15.5 Å². The predicted molar refractivity (Wildman–Crippen MR) is 66.9 cm³/mol. The van der Waals surface area contributed by atoms with Gasteiger partial charge in [0.1, 0.15) is 5.82 Å². The molecule has 1 rings (SSSR count). The van der Waals surface area contributed by atoms with Gasteiger partial charge >= 0.3 is 7.48 Å². The minimum Gasteiger partial charge on any atom is -0.427 e. The maximum absolute atomic E-state index is 9.91. The lowest BCUT2D eigenvalue weighted by Gasteiger charge is -2.37. The number of nitrogen functional groups attached to an aromatic ring is 1. The molecule has 0 saturated heterocycles. The van der Waals surface area contributed by atoms with E-state index >= 15 is 0 Å². The van der Waals surface area contributed by atoms with Crippen LogP contribution >= 0.6 is 0 Å². The van der Waals surface area contributed by atoms with E-state index in [1.54, 1.807) is 26.1 Å². The van der Waals surface area contributed by atoms with E-state index in [-0.39, 0.29) is 0 Å². The molecule has 0 bridgehead atoms. The highest BCUT2D eigenvalue weighted by Crippen LogP contribution is 2.24. The molecule has 88 valence electrons. The van der Waals surface area contributed by atoms with Crippen molar-refractivity contribution in [3.63, 3.8) is 0 Å². The molecule has 3 N–H and O–H groups in total. The van der Waals surface area contributed by atoms with Gasteiger partial charge in [-0.3, -0.25) is 0 Å². The number of rotatable bonds is 4. The van der Waals surface area contributed by atoms with E-state index in [1.807, 2.05) is 19.9 Å².